The average molecular weight is 235 g/mol. The van der Waals surface area contributed by atoms with Crippen molar-refractivity contribution >= 4 is 0 Å². The molecule has 0 aromatic heterocycles. The Bertz CT molecular complexity index is 532. The molecule has 0 aliphatic carbocycles. The van der Waals surface area contributed by atoms with E-state index in [9.17, 15) is 5.26 Å². The minimum atomic E-state index is -0.174. The van der Waals surface area contributed by atoms with Gasteiger partial charge in [0.05, 0.1) is 12.0 Å². The van der Waals surface area contributed by atoms with Crippen LogP contribution >= 0.6 is 0 Å². The summed E-state index contributed by atoms with van der Waals surface area (Å²) in [4.78, 5) is 0. The molecular formula is C17H17N. The van der Waals surface area contributed by atoms with Crippen LogP contribution < -0.4 is 0 Å². The molecule has 90 valence electrons. The molecular weight excluding hydrogens is 218 g/mol. The van der Waals surface area contributed by atoms with Crippen LogP contribution in [0.1, 0.15) is 42.4 Å². The summed E-state index contributed by atoms with van der Waals surface area (Å²) in [6.07, 6.45) is 0. The molecule has 0 fully saturated rings. The van der Waals surface area contributed by atoms with E-state index in [1.165, 1.54) is 5.56 Å². The minimum absolute atomic E-state index is 0.174. The van der Waals surface area contributed by atoms with Crippen LogP contribution in [0.2, 0.25) is 0 Å². The second-order valence-electron chi connectivity index (χ2n) is 4.79. The van der Waals surface area contributed by atoms with E-state index >= 15 is 0 Å². The number of nitriles is 1. The van der Waals surface area contributed by atoms with Gasteiger partial charge in [-0.25, -0.2) is 0 Å². The molecule has 0 radical (unpaired) electrons. The first-order chi connectivity index (χ1) is 8.72. The molecule has 0 saturated carbocycles. The van der Waals surface area contributed by atoms with Crippen molar-refractivity contribution in [2.24, 2.45) is 0 Å². The highest BCUT2D eigenvalue weighted by molar-refractivity contribution is 5.39. The van der Waals surface area contributed by atoms with Gasteiger partial charge in [-0.2, -0.15) is 5.26 Å². The van der Waals surface area contributed by atoms with E-state index in [4.69, 9.17) is 0 Å². The lowest BCUT2D eigenvalue weighted by molar-refractivity contribution is 0.864. The van der Waals surface area contributed by atoms with Crippen LogP contribution in [0, 0.1) is 11.3 Å². The number of nitrogens with zero attached hydrogens (tertiary/aromatic N) is 1. The zero-order valence-electron chi connectivity index (χ0n) is 10.8. The Balaban J connectivity index is 2.32. The summed E-state index contributed by atoms with van der Waals surface area (Å²) >= 11 is 0. The molecule has 0 spiro atoms. The largest absolute Gasteiger partial charge is 0.197 e. The molecule has 0 saturated heterocycles. The maximum Gasteiger partial charge on any atom is 0.0962 e. The van der Waals surface area contributed by atoms with Crippen LogP contribution in [0.25, 0.3) is 0 Å². The van der Waals surface area contributed by atoms with Crippen LogP contribution in [-0.4, -0.2) is 0 Å². The Kier molecular flexibility index (Phi) is 3.79. The second-order valence-corrected chi connectivity index (χ2v) is 4.79. The van der Waals surface area contributed by atoms with Crippen molar-refractivity contribution in [1.29, 1.82) is 5.26 Å². The van der Waals surface area contributed by atoms with E-state index in [0.29, 0.717) is 5.92 Å². The summed E-state index contributed by atoms with van der Waals surface area (Å²) in [6.45, 7) is 4.35. The zero-order valence-corrected chi connectivity index (χ0v) is 10.8. The Morgan fingerprint density at radius 3 is 1.78 bits per heavy atom. The van der Waals surface area contributed by atoms with Gasteiger partial charge in [-0.3, -0.25) is 0 Å². The van der Waals surface area contributed by atoms with Gasteiger partial charge >= 0.3 is 0 Å². The summed E-state index contributed by atoms with van der Waals surface area (Å²) in [5.41, 5.74) is 3.42. The van der Waals surface area contributed by atoms with Gasteiger partial charge in [0, 0.05) is 0 Å². The van der Waals surface area contributed by atoms with Gasteiger partial charge in [-0.1, -0.05) is 68.4 Å². The molecule has 1 atom stereocenters. The third kappa shape index (κ3) is 2.60. The maximum absolute atomic E-state index is 9.36. The lowest BCUT2D eigenvalue weighted by Crippen LogP contribution is -1.98. The highest BCUT2D eigenvalue weighted by atomic mass is 14.3. The van der Waals surface area contributed by atoms with Crippen molar-refractivity contribution in [1.82, 2.24) is 0 Å². The smallest absolute Gasteiger partial charge is 0.0962 e. The van der Waals surface area contributed by atoms with Crippen molar-refractivity contribution in [2.75, 3.05) is 0 Å². The first kappa shape index (κ1) is 12.4. The molecule has 1 unspecified atom stereocenters. The lowest BCUT2D eigenvalue weighted by Gasteiger charge is -2.11. The lowest BCUT2D eigenvalue weighted by atomic mass is 9.91. The summed E-state index contributed by atoms with van der Waals surface area (Å²) in [5.74, 6) is 0.351. The SMILES string of the molecule is CC(C)c1ccc(C(C#N)c2ccccc2)cc1. The Morgan fingerprint density at radius 1 is 0.778 bits per heavy atom. The molecule has 1 heteroatoms. The summed E-state index contributed by atoms with van der Waals surface area (Å²) in [6, 6.07) is 20.7. The molecule has 2 rings (SSSR count). The fourth-order valence-electron chi connectivity index (χ4n) is 2.06. The Labute approximate surface area is 109 Å². The van der Waals surface area contributed by atoms with Crippen LogP contribution in [-0.2, 0) is 0 Å². The first-order valence-electron chi connectivity index (χ1n) is 6.27. The molecule has 0 aliphatic heterocycles. The van der Waals surface area contributed by atoms with Gasteiger partial charge < -0.3 is 0 Å². The first-order valence-corrected chi connectivity index (χ1v) is 6.27. The zero-order chi connectivity index (χ0) is 13.0. The summed E-state index contributed by atoms with van der Waals surface area (Å²) < 4.78 is 0. The van der Waals surface area contributed by atoms with E-state index in [1.54, 1.807) is 0 Å². The van der Waals surface area contributed by atoms with Crippen molar-refractivity contribution in [3.8, 4) is 6.07 Å². The van der Waals surface area contributed by atoms with Crippen molar-refractivity contribution < 1.29 is 0 Å². The van der Waals surface area contributed by atoms with Gasteiger partial charge in [0.1, 0.15) is 0 Å². The Hall–Kier alpha value is -2.07. The molecule has 2 aromatic rings. The quantitative estimate of drug-likeness (QED) is 0.770. The van der Waals surface area contributed by atoms with Crippen LogP contribution in [0.15, 0.2) is 54.6 Å². The number of rotatable bonds is 3. The maximum atomic E-state index is 9.36. The molecule has 0 N–H and O–H groups in total. The fraction of sp³-hybridized carbons (Fsp3) is 0.235. The third-order valence-electron chi connectivity index (χ3n) is 3.20. The predicted octanol–water partition coefficient (Wildman–Crippen LogP) is 4.47. The highest BCUT2D eigenvalue weighted by Crippen LogP contribution is 2.25. The van der Waals surface area contributed by atoms with Crippen LogP contribution in [0.4, 0.5) is 0 Å². The fourth-order valence-corrected chi connectivity index (χ4v) is 2.06. The number of hydrogen-bond acceptors (Lipinski definition) is 1. The molecule has 0 heterocycles. The van der Waals surface area contributed by atoms with Gasteiger partial charge in [-0.05, 0) is 22.6 Å². The predicted molar refractivity (Wildman–Crippen MR) is 74.4 cm³/mol. The molecule has 1 nitrogen and oxygen atoms in total. The van der Waals surface area contributed by atoms with E-state index in [2.05, 4.69) is 44.2 Å². The van der Waals surface area contributed by atoms with Gasteiger partial charge in [0.2, 0.25) is 0 Å². The monoisotopic (exact) mass is 235 g/mol. The van der Waals surface area contributed by atoms with Crippen molar-refractivity contribution in [2.45, 2.75) is 25.7 Å². The van der Waals surface area contributed by atoms with E-state index < -0.39 is 0 Å². The van der Waals surface area contributed by atoms with Crippen LogP contribution in [0.5, 0.6) is 0 Å². The molecule has 0 aliphatic rings. The van der Waals surface area contributed by atoms with E-state index in [1.807, 2.05) is 30.3 Å². The minimum Gasteiger partial charge on any atom is -0.197 e. The van der Waals surface area contributed by atoms with E-state index in [-0.39, 0.29) is 5.92 Å². The molecule has 18 heavy (non-hydrogen) atoms. The van der Waals surface area contributed by atoms with E-state index in [0.717, 1.165) is 11.1 Å². The highest BCUT2D eigenvalue weighted by Gasteiger charge is 2.12. The molecule has 0 bridgehead atoms. The van der Waals surface area contributed by atoms with Gasteiger partial charge in [0.15, 0.2) is 0 Å². The normalized spacial score (nSPS) is 12.1. The summed E-state index contributed by atoms with van der Waals surface area (Å²) in [5, 5.41) is 9.36. The third-order valence-corrected chi connectivity index (χ3v) is 3.20. The topological polar surface area (TPSA) is 23.8 Å². The average Bonchev–Trinajstić information content (AvgIpc) is 2.41. The number of benzene rings is 2. The van der Waals surface area contributed by atoms with Gasteiger partial charge in [0.25, 0.3) is 0 Å². The van der Waals surface area contributed by atoms with Crippen molar-refractivity contribution in [3.05, 3.63) is 71.3 Å². The molecule has 0 amide bonds. The second kappa shape index (κ2) is 5.51. The van der Waals surface area contributed by atoms with Crippen molar-refractivity contribution in [3.63, 3.8) is 0 Å². The summed E-state index contributed by atoms with van der Waals surface area (Å²) in [7, 11) is 0. The van der Waals surface area contributed by atoms with Gasteiger partial charge in [-0.15, -0.1) is 0 Å². The number of hydrogen-bond donors (Lipinski definition) is 0. The Morgan fingerprint density at radius 2 is 1.28 bits per heavy atom. The molecule has 2 aromatic carbocycles. The van der Waals surface area contributed by atoms with Crippen LogP contribution in [0.3, 0.4) is 0 Å². The standard InChI is InChI=1S/C17H17N/c1-13(2)14-8-10-16(11-9-14)17(12-18)15-6-4-3-5-7-15/h3-11,13,17H,1-2H3.